The number of ether oxygens (including phenoxy) is 2. The van der Waals surface area contributed by atoms with E-state index in [0.29, 0.717) is 16.3 Å². The Morgan fingerprint density at radius 2 is 1.95 bits per heavy atom. The monoisotopic (exact) mass is 282 g/mol. The van der Waals surface area contributed by atoms with Crippen LogP contribution in [0.25, 0.3) is 0 Å². The molecule has 2 rings (SSSR count). The van der Waals surface area contributed by atoms with Gasteiger partial charge in [-0.15, -0.1) is 0 Å². The van der Waals surface area contributed by atoms with Gasteiger partial charge in [-0.05, 0) is 38.0 Å². The number of hydrogen-bond donors (Lipinski definition) is 0. The van der Waals surface area contributed by atoms with Gasteiger partial charge in [0.1, 0.15) is 5.75 Å². The van der Waals surface area contributed by atoms with Crippen LogP contribution in [-0.4, -0.2) is 25.1 Å². The van der Waals surface area contributed by atoms with E-state index in [4.69, 9.17) is 21.1 Å². The fourth-order valence-corrected chi connectivity index (χ4v) is 2.92. The first-order valence-electron chi connectivity index (χ1n) is 6.49. The molecule has 0 aromatic heterocycles. The molecule has 0 radical (unpaired) electrons. The summed E-state index contributed by atoms with van der Waals surface area (Å²) >= 11 is 5.98. The SMILES string of the molecule is COc1cc(C(=O)C2C(C)OC(C)C2C)ccc1Cl. The average Bonchev–Trinajstić information content (AvgIpc) is 2.63. The van der Waals surface area contributed by atoms with E-state index >= 15 is 0 Å². The van der Waals surface area contributed by atoms with Crippen molar-refractivity contribution in [3.63, 3.8) is 0 Å². The van der Waals surface area contributed by atoms with Gasteiger partial charge in [0, 0.05) is 5.56 Å². The average molecular weight is 283 g/mol. The molecule has 3 nitrogen and oxygen atoms in total. The lowest BCUT2D eigenvalue weighted by Gasteiger charge is -2.17. The fraction of sp³-hybridized carbons (Fsp3) is 0.533. The molecule has 4 heteroatoms. The van der Waals surface area contributed by atoms with Gasteiger partial charge in [0.25, 0.3) is 0 Å². The number of carbonyl (C=O) groups excluding carboxylic acids is 1. The lowest BCUT2D eigenvalue weighted by atomic mass is 9.83. The third kappa shape index (κ3) is 2.63. The Labute approximate surface area is 118 Å². The van der Waals surface area contributed by atoms with Crippen molar-refractivity contribution in [1.29, 1.82) is 0 Å². The molecule has 19 heavy (non-hydrogen) atoms. The van der Waals surface area contributed by atoms with Crippen LogP contribution in [0, 0.1) is 11.8 Å². The molecule has 1 aliphatic heterocycles. The topological polar surface area (TPSA) is 35.5 Å². The van der Waals surface area contributed by atoms with Crippen molar-refractivity contribution in [1.82, 2.24) is 0 Å². The summed E-state index contributed by atoms with van der Waals surface area (Å²) in [6, 6.07) is 5.14. The van der Waals surface area contributed by atoms with Crippen molar-refractivity contribution in [2.75, 3.05) is 7.11 Å². The van der Waals surface area contributed by atoms with Gasteiger partial charge in [0.05, 0.1) is 30.3 Å². The Morgan fingerprint density at radius 3 is 2.47 bits per heavy atom. The maximum absolute atomic E-state index is 12.6. The zero-order chi connectivity index (χ0) is 14.2. The predicted octanol–water partition coefficient (Wildman–Crippen LogP) is 3.59. The van der Waals surface area contributed by atoms with Crippen LogP contribution in [0.15, 0.2) is 18.2 Å². The molecule has 4 unspecified atom stereocenters. The highest BCUT2D eigenvalue weighted by Gasteiger charge is 2.41. The molecule has 1 aromatic carbocycles. The second-order valence-electron chi connectivity index (χ2n) is 5.14. The Kier molecular flexibility index (Phi) is 4.16. The molecule has 0 aliphatic carbocycles. The second-order valence-corrected chi connectivity index (χ2v) is 5.55. The predicted molar refractivity (Wildman–Crippen MR) is 75.0 cm³/mol. The lowest BCUT2D eigenvalue weighted by Crippen LogP contribution is -2.26. The van der Waals surface area contributed by atoms with Crippen molar-refractivity contribution in [2.24, 2.45) is 11.8 Å². The zero-order valence-corrected chi connectivity index (χ0v) is 12.4. The minimum absolute atomic E-state index is 0.0563. The van der Waals surface area contributed by atoms with Crippen molar-refractivity contribution < 1.29 is 14.3 Å². The molecule has 1 fully saturated rings. The van der Waals surface area contributed by atoms with Crippen LogP contribution >= 0.6 is 11.6 Å². The van der Waals surface area contributed by atoms with Crippen LogP contribution in [-0.2, 0) is 4.74 Å². The number of ketones is 1. The Balaban J connectivity index is 2.29. The van der Waals surface area contributed by atoms with E-state index in [0.717, 1.165) is 0 Å². The minimum Gasteiger partial charge on any atom is -0.495 e. The molecular weight excluding hydrogens is 264 g/mol. The Hall–Kier alpha value is -1.06. The van der Waals surface area contributed by atoms with E-state index < -0.39 is 0 Å². The van der Waals surface area contributed by atoms with Crippen molar-refractivity contribution in [2.45, 2.75) is 33.0 Å². The van der Waals surface area contributed by atoms with Gasteiger partial charge < -0.3 is 9.47 Å². The largest absolute Gasteiger partial charge is 0.495 e. The van der Waals surface area contributed by atoms with Crippen LogP contribution in [0.3, 0.4) is 0 Å². The van der Waals surface area contributed by atoms with Crippen molar-refractivity contribution in [3.05, 3.63) is 28.8 Å². The zero-order valence-electron chi connectivity index (χ0n) is 11.6. The highest BCUT2D eigenvalue weighted by molar-refractivity contribution is 6.32. The molecule has 1 heterocycles. The number of halogens is 1. The van der Waals surface area contributed by atoms with E-state index in [1.807, 2.05) is 13.8 Å². The molecule has 0 amide bonds. The summed E-state index contributed by atoms with van der Waals surface area (Å²) in [4.78, 5) is 12.6. The van der Waals surface area contributed by atoms with Gasteiger partial charge in [-0.1, -0.05) is 18.5 Å². The smallest absolute Gasteiger partial charge is 0.169 e. The van der Waals surface area contributed by atoms with Crippen LogP contribution < -0.4 is 4.74 Å². The summed E-state index contributed by atoms with van der Waals surface area (Å²) in [6.45, 7) is 6.02. The summed E-state index contributed by atoms with van der Waals surface area (Å²) in [6.07, 6.45) is 0.0531. The standard InChI is InChI=1S/C15H19ClO3/c1-8-9(2)19-10(3)14(8)15(17)11-5-6-12(16)13(7-11)18-4/h5-10,14H,1-4H3. The third-order valence-electron chi connectivity index (χ3n) is 3.98. The molecule has 4 atom stereocenters. The van der Waals surface area contributed by atoms with E-state index in [9.17, 15) is 4.79 Å². The molecule has 0 bridgehead atoms. The molecule has 1 aliphatic rings. The highest BCUT2D eigenvalue weighted by atomic mass is 35.5. The van der Waals surface area contributed by atoms with Gasteiger partial charge >= 0.3 is 0 Å². The van der Waals surface area contributed by atoms with Crippen molar-refractivity contribution in [3.8, 4) is 5.75 Å². The Morgan fingerprint density at radius 1 is 1.26 bits per heavy atom. The van der Waals surface area contributed by atoms with Gasteiger partial charge in [-0.25, -0.2) is 0 Å². The summed E-state index contributed by atoms with van der Waals surface area (Å²) in [5, 5.41) is 0.510. The first-order chi connectivity index (χ1) is 8.95. The van der Waals surface area contributed by atoms with Gasteiger partial charge in [0.2, 0.25) is 0 Å². The number of rotatable bonds is 3. The number of benzene rings is 1. The first-order valence-corrected chi connectivity index (χ1v) is 6.86. The van der Waals surface area contributed by atoms with Gasteiger partial charge in [-0.3, -0.25) is 4.79 Å². The number of Topliss-reactive ketones (excluding diaryl/α,β-unsaturated/α-hetero) is 1. The first kappa shape index (κ1) is 14.4. The fourth-order valence-electron chi connectivity index (χ4n) is 2.72. The second kappa shape index (κ2) is 5.51. The van der Waals surface area contributed by atoms with Crippen molar-refractivity contribution >= 4 is 17.4 Å². The quantitative estimate of drug-likeness (QED) is 0.795. The molecule has 0 spiro atoms. The molecule has 0 saturated carbocycles. The third-order valence-corrected chi connectivity index (χ3v) is 4.29. The van der Waals surface area contributed by atoms with Crippen LogP contribution in [0.5, 0.6) is 5.75 Å². The molecule has 0 N–H and O–H groups in total. The van der Waals surface area contributed by atoms with Gasteiger partial charge in [0.15, 0.2) is 5.78 Å². The number of carbonyl (C=O) groups is 1. The van der Waals surface area contributed by atoms with Gasteiger partial charge in [-0.2, -0.15) is 0 Å². The minimum atomic E-state index is -0.110. The van der Waals surface area contributed by atoms with E-state index in [-0.39, 0.29) is 29.8 Å². The molecular formula is C15H19ClO3. The highest BCUT2D eigenvalue weighted by Crippen LogP contribution is 2.35. The lowest BCUT2D eigenvalue weighted by molar-refractivity contribution is 0.0491. The van der Waals surface area contributed by atoms with E-state index in [1.165, 1.54) is 0 Å². The number of hydrogen-bond acceptors (Lipinski definition) is 3. The number of methoxy groups -OCH3 is 1. The molecule has 1 aromatic rings. The maximum Gasteiger partial charge on any atom is 0.169 e. The van der Waals surface area contributed by atoms with Crippen LogP contribution in [0.2, 0.25) is 5.02 Å². The maximum atomic E-state index is 12.6. The molecule has 1 saturated heterocycles. The normalized spacial score (nSPS) is 30.4. The van der Waals surface area contributed by atoms with E-state index in [1.54, 1.807) is 25.3 Å². The summed E-state index contributed by atoms with van der Waals surface area (Å²) in [7, 11) is 1.54. The summed E-state index contributed by atoms with van der Waals surface area (Å²) in [5.74, 6) is 0.726. The van der Waals surface area contributed by atoms with Crippen LogP contribution in [0.4, 0.5) is 0 Å². The van der Waals surface area contributed by atoms with E-state index in [2.05, 4.69) is 6.92 Å². The summed E-state index contributed by atoms with van der Waals surface area (Å²) in [5.41, 5.74) is 0.627. The molecule has 104 valence electrons. The summed E-state index contributed by atoms with van der Waals surface area (Å²) < 4.78 is 10.9. The van der Waals surface area contributed by atoms with Crippen LogP contribution in [0.1, 0.15) is 31.1 Å². The Bertz CT molecular complexity index is 486.